The molecule has 3 aromatic rings. The third-order valence-corrected chi connectivity index (χ3v) is 4.47. The minimum absolute atomic E-state index is 0.130. The molecule has 3 rings (SSSR count). The summed E-state index contributed by atoms with van der Waals surface area (Å²) in [6.45, 7) is 8.43. The lowest BCUT2D eigenvalue weighted by atomic mass is 10.0. The molecule has 0 aliphatic heterocycles. The molecule has 0 fully saturated rings. The van der Waals surface area contributed by atoms with Crippen LogP contribution in [-0.4, -0.2) is 32.0 Å². The highest BCUT2D eigenvalue weighted by atomic mass is 16.5. The maximum atomic E-state index is 9.73. The fraction of sp³-hybridized carbons (Fsp3) is 0.227. The Labute approximate surface area is 164 Å². The maximum absolute atomic E-state index is 9.73. The molecule has 6 nitrogen and oxygen atoms in total. The molecule has 144 valence electrons. The summed E-state index contributed by atoms with van der Waals surface area (Å²) in [6.07, 6.45) is 11.2. The molecule has 0 radical (unpaired) electrons. The summed E-state index contributed by atoms with van der Waals surface area (Å²) in [5.41, 5.74) is 4.86. The zero-order valence-electron chi connectivity index (χ0n) is 16.4. The Morgan fingerprint density at radius 3 is 2.79 bits per heavy atom. The summed E-state index contributed by atoms with van der Waals surface area (Å²) in [4.78, 5) is 8.94. The molecule has 0 aliphatic carbocycles. The summed E-state index contributed by atoms with van der Waals surface area (Å²) in [6, 6.07) is 3.70. The van der Waals surface area contributed by atoms with Crippen LogP contribution in [0.25, 0.3) is 27.7 Å². The van der Waals surface area contributed by atoms with Gasteiger partial charge in [0, 0.05) is 40.9 Å². The molecule has 0 saturated carbocycles. The minimum Gasteiger partial charge on any atom is -0.496 e. The van der Waals surface area contributed by atoms with Gasteiger partial charge in [-0.1, -0.05) is 30.9 Å². The number of aliphatic hydroxyl groups excluding tert-OH is 1. The zero-order valence-corrected chi connectivity index (χ0v) is 16.4. The van der Waals surface area contributed by atoms with E-state index in [0.29, 0.717) is 11.3 Å². The molecule has 0 saturated heterocycles. The lowest BCUT2D eigenvalue weighted by molar-refractivity contribution is 0.274. The van der Waals surface area contributed by atoms with E-state index < -0.39 is 0 Å². The number of aryl methyl sites for hydroxylation is 1. The van der Waals surface area contributed by atoms with E-state index in [-0.39, 0.29) is 6.61 Å². The topological polar surface area (TPSA) is 73.1 Å². The summed E-state index contributed by atoms with van der Waals surface area (Å²) >= 11 is 0. The third-order valence-electron chi connectivity index (χ3n) is 4.47. The van der Waals surface area contributed by atoms with E-state index in [1.54, 1.807) is 13.2 Å². The highest BCUT2D eigenvalue weighted by Crippen LogP contribution is 2.34. The largest absolute Gasteiger partial charge is 0.496 e. The maximum Gasteiger partial charge on any atom is 0.126 e. The van der Waals surface area contributed by atoms with E-state index in [0.717, 1.165) is 40.0 Å². The van der Waals surface area contributed by atoms with E-state index in [1.807, 2.05) is 55.1 Å². The van der Waals surface area contributed by atoms with Gasteiger partial charge in [0.15, 0.2) is 0 Å². The predicted molar refractivity (Wildman–Crippen MR) is 112 cm³/mol. The lowest BCUT2D eigenvalue weighted by Gasteiger charge is -2.11. The van der Waals surface area contributed by atoms with Crippen molar-refractivity contribution in [1.29, 1.82) is 0 Å². The van der Waals surface area contributed by atoms with Crippen LogP contribution in [0.15, 0.2) is 55.5 Å². The molecule has 0 spiro atoms. The van der Waals surface area contributed by atoms with E-state index >= 15 is 0 Å². The van der Waals surface area contributed by atoms with Crippen LogP contribution in [0, 0.1) is 0 Å². The molecular formula is C22H24N4O2. The van der Waals surface area contributed by atoms with Gasteiger partial charge in [-0.25, -0.2) is 9.97 Å². The van der Waals surface area contributed by atoms with Crippen LogP contribution >= 0.6 is 0 Å². The molecule has 1 aromatic carbocycles. The van der Waals surface area contributed by atoms with Gasteiger partial charge in [-0.05, 0) is 19.9 Å². The van der Waals surface area contributed by atoms with Crippen molar-refractivity contribution in [3.63, 3.8) is 0 Å². The fourth-order valence-corrected chi connectivity index (χ4v) is 3.15. The molecule has 0 aliphatic rings. The van der Waals surface area contributed by atoms with Crippen molar-refractivity contribution in [2.45, 2.75) is 27.0 Å². The molecule has 2 aromatic heterocycles. The van der Waals surface area contributed by atoms with E-state index in [4.69, 9.17) is 9.84 Å². The van der Waals surface area contributed by atoms with E-state index in [9.17, 15) is 5.11 Å². The molecule has 0 unspecified atom stereocenters. The molecular weight excluding hydrogens is 352 g/mol. The van der Waals surface area contributed by atoms with Crippen LogP contribution in [0.4, 0.5) is 0 Å². The van der Waals surface area contributed by atoms with Gasteiger partial charge in [0.2, 0.25) is 0 Å². The van der Waals surface area contributed by atoms with Gasteiger partial charge in [0.25, 0.3) is 0 Å². The standard InChI is InChI=1S/C22H24N4O2/c1-5-8-15(9-6-2)21-18(12-26(7-3)25-21)22-17-10-16(13-27)20(28-4)11-19(17)23-14-24-22/h5-6,8-12,14,27H,1,7,13H2,2-4H3/b9-6-,15-8+. The van der Waals surface area contributed by atoms with Crippen molar-refractivity contribution in [3.05, 3.63) is 66.8 Å². The summed E-state index contributed by atoms with van der Waals surface area (Å²) in [5.74, 6) is 0.602. The Balaban J connectivity index is 2.32. The van der Waals surface area contributed by atoms with Crippen LogP contribution in [0.2, 0.25) is 0 Å². The van der Waals surface area contributed by atoms with Gasteiger partial charge in [0.05, 0.1) is 24.9 Å². The summed E-state index contributed by atoms with van der Waals surface area (Å²) in [7, 11) is 1.58. The van der Waals surface area contributed by atoms with Crippen molar-refractivity contribution in [2.75, 3.05) is 7.11 Å². The molecule has 2 heterocycles. The first-order chi connectivity index (χ1) is 13.7. The lowest BCUT2D eigenvalue weighted by Crippen LogP contribution is -1.96. The van der Waals surface area contributed by atoms with Gasteiger partial charge < -0.3 is 9.84 Å². The number of fused-ring (bicyclic) bond motifs is 1. The Morgan fingerprint density at radius 1 is 1.32 bits per heavy atom. The van der Waals surface area contributed by atoms with Crippen LogP contribution in [0.3, 0.4) is 0 Å². The predicted octanol–water partition coefficient (Wildman–Crippen LogP) is 4.16. The first-order valence-electron chi connectivity index (χ1n) is 9.12. The van der Waals surface area contributed by atoms with E-state index in [1.165, 1.54) is 6.33 Å². The average molecular weight is 376 g/mol. The summed E-state index contributed by atoms with van der Waals surface area (Å²) in [5, 5.41) is 15.3. The number of ether oxygens (including phenoxy) is 1. The number of hydrogen-bond acceptors (Lipinski definition) is 5. The van der Waals surface area contributed by atoms with Crippen LogP contribution < -0.4 is 4.74 Å². The van der Waals surface area contributed by atoms with Crippen LogP contribution in [0.1, 0.15) is 25.1 Å². The van der Waals surface area contributed by atoms with Crippen LogP contribution in [0.5, 0.6) is 5.75 Å². The van der Waals surface area contributed by atoms with Gasteiger partial charge in [-0.2, -0.15) is 5.10 Å². The normalized spacial score (nSPS) is 12.1. The molecule has 1 N–H and O–H groups in total. The molecule has 0 atom stereocenters. The Bertz CT molecular complexity index is 1060. The molecule has 0 amide bonds. The highest BCUT2D eigenvalue weighted by molar-refractivity contribution is 5.96. The number of rotatable bonds is 7. The highest BCUT2D eigenvalue weighted by Gasteiger charge is 2.18. The first-order valence-corrected chi connectivity index (χ1v) is 9.12. The van der Waals surface area contributed by atoms with E-state index in [2.05, 4.69) is 16.5 Å². The van der Waals surface area contributed by atoms with Crippen LogP contribution in [-0.2, 0) is 13.2 Å². The first kappa shape index (κ1) is 19.5. The van der Waals surface area contributed by atoms with Gasteiger partial charge in [-0.3, -0.25) is 4.68 Å². The van der Waals surface area contributed by atoms with Gasteiger partial charge in [-0.15, -0.1) is 0 Å². The van der Waals surface area contributed by atoms with Gasteiger partial charge >= 0.3 is 0 Å². The number of aliphatic hydroxyl groups is 1. The number of allylic oxidation sites excluding steroid dienone is 5. The fourth-order valence-electron chi connectivity index (χ4n) is 3.15. The van der Waals surface area contributed by atoms with Crippen molar-refractivity contribution < 1.29 is 9.84 Å². The number of benzene rings is 1. The number of aromatic nitrogens is 4. The molecule has 28 heavy (non-hydrogen) atoms. The second kappa shape index (κ2) is 8.63. The quantitative estimate of drug-likeness (QED) is 0.627. The second-order valence-corrected chi connectivity index (χ2v) is 6.17. The number of nitrogens with zero attached hydrogens (tertiary/aromatic N) is 4. The Hall–Kier alpha value is -3.25. The zero-order chi connectivity index (χ0) is 20.1. The smallest absolute Gasteiger partial charge is 0.126 e. The SMILES string of the molecule is C=C/C=C(\C=C/C)c1nn(CC)cc1-c1ncnc2cc(OC)c(CO)cc12. The Morgan fingerprint density at radius 2 is 2.14 bits per heavy atom. The molecule has 0 bridgehead atoms. The van der Waals surface area contributed by atoms with Crippen molar-refractivity contribution >= 4 is 16.5 Å². The average Bonchev–Trinajstić information content (AvgIpc) is 3.16. The van der Waals surface area contributed by atoms with Crippen molar-refractivity contribution in [3.8, 4) is 17.0 Å². The molecule has 6 heteroatoms. The van der Waals surface area contributed by atoms with Crippen molar-refractivity contribution in [2.24, 2.45) is 0 Å². The minimum atomic E-state index is -0.130. The Kier molecular flexibility index (Phi) is 6.01. The number of methoxy groups -OCH3 is 1. The third kappa shape index (κ3) is 3.59. The second-order valence-electron chi connectivity index (χ2n) is 6.17. The van der Waals surface area contributed by atoms with Crippen molar-refractivity contribution in [1.82, 2.24) is 19.7 Å². The number of hydrogen-bond donors (Lipinski definition) is 1. The summed E-state index contributed by atoms with van der Waals surface area (Å²) < 4.78 is 7.26. The monoisotopic (exact) mass is 376 g/mol. The van der Waals surface area contributed by atoms with Gasteiger partial charge in [0.1, 0.15) is 17.8 Å².